The standard InChI is InChI=1S/C33H25F3N4O2/c1-19-8-7-9-20(2)28(19)39-31(41)30(21-14-16-23(17-15-21)33(34,35)36)40-27-13-6-5-12-25(27)38-29(32(40)42)26-18-22-10-3-4-11-24(22)37-26/h3-18,30,37H,1-2H3,(H,39,41). The lowest BCUT2D eigenvalue weighted by atomic mass is 10.0. The van der Waals surface area contributed by atoms with E-state index in [9.17, 15) is 22.8 Å². The maximum Gasteiger partial charge on any atom is 0.416 e. The van der Waals surface area contributed by atoms with Gasteiger partial charge in [-0.25, -0.2) is 4.98 Å². The van der Waals surface area contributed by atoms with Crippen LogP contribution in [0.1, 0.15) is 28.3 Å². The summed E-state index contributed by atoms with van der Waals surface area (Å²) in [5, 5.41) is 3.82. The number of benzene rings is 4. The Morgan fingerprint density at radius 3 is 2.24 bits per heavy atom. The van der Waals surface area contributed by atoms with Crippen LogP contribution < -0.4 is 10.9 Å². The second-order valence-corrected chi connectivity index (χ2v) is 10.2. The first-order valence-corrected chi connectivity index (χ1v) is 13.3. The normalized spacial score (nSPS) is 12.5. The maximum atomic E-state index is 14.3. The van der Waals surface area contributed by atoms with Crippen LogP contribution in [0.4, 0.5) is 18.9 Å². The molecule has 0 saturated heterocycles. The Kier molecular flexibility index (Phi) is 6.65. The van der Waals surface area contributed by atoms with Crippen molar-refractivity contribution in [2.75, 3.05) is 5.32 Å². The number of nitrogens with zero attached hydrogens (tertiary/aromatic N) is 2. The number of alkyl halides is 3. The van der Waals surface area contributed by atoms with Gasteiger partial charge in [-0.2, -0.15) is 13.2 Å². The van der Waals surface area contributed by atoms with Crippen molar-refractivity contribution in [2.24, 2.45) is 0 Å². The molecule has 4 aromatic carbocycles. The Morgan fingerprint density at radius 2 is 1.55 bits per heavy atom. The number of nitrogens with one attached hydrogen (secondary N) is 2. The van der Waals surface area contributed by atoms with Crippen LogP contribution in [0.25, 0.3) is 33.3 Å². The molecule has 6 rings (SSSR count). The summed E-state index contributed by atoms with van der Waals surface area (Å²) in [5.74, 6) is -0.576. The second kappa shape index (κ2) is 10.3. The number of rotatable bonds is 5. The van der Waals surface area contributed by atoms with Crippen molar-refractivity contribution >= 4 is 33.5 Å². The Labute approximate surface area is 238 Å². The first-order valence-electron chi connectivity index (χ1n) is 13.3. The molecule has 0 fully saturated rings. The van der Waals surface area contributed by atoms with E-state index in [1.54, 1.807) is 24.3 Å². The number of hydrogen-bond acceptors (Lipinski definition) is 3. The van der Waals surface area contributed by atoms with Crippen LogP contribution in [0, 0.1) is 13.8 Å². The number of para-hydroxylation sites is 4. The number of anilines is 1. The fraction of sp³-hybridized carbons (Fsp3) is 0.121. The molecule has 9 heteroatoms. The monoisotopic (exact) mass is 566 g/mol. The zero-order valence-corrected chi connectivity index (χ0v) is 22.7. The highest BCUT2D eigenvalue weighted by atomic mass is 19.4. The lowest BCUT2D eigenvalue weighted by Gasteiger charge is -2.24. The number of aryl methyl sites for hydroxylation is 2. The average Bonchev–Trinajstić information content (AvgIpc) is 3.40. The molecule has 42 heavy (non-hydrogen) atoms. The molecule has 210 valence electrons. The third-order valence-electron chi connectivity index (χ3n) is 7.37. The minimum absolute atomic E-state index is 0.0849. The summed E-state index contributed by atoms with van der Waals surface area (Å²) in [7, 11) is 0. The molecule has 0 aliphatic heterocycles. The molecule has 0 aliphatic rings. The number of amides is 1. The highest BCUT2D eigenvalue weighted by Crippen LogP contribution is 2.32. The van der Waals surface area contributed by atoms with E-state index >= 15 is 0 Å². The molecule has 2 aromatic heterocycles. The zero-order chi connectivity index (χ0) is 29.6. The summed E-state index contributed by atoms with van der Waals surface area (Å²) in [6, 6.07) is 24.8. The Balaban J connectivity index is 1.60. The molecular formula is C33H25F3N4O2. The topological polar surface area (TPSA) is 79.8 Å². The predicted molar refractivity (Wildman–Crippen MR) is 157 cm³/mol. The minimum atomic E-state index is -4.56. The van der Waals surface area contributed by atoms with Crippen molar-refractivity contribution in [3.8, 4) is 11.4 Å². The summed E-state index contributed by atoms with van der Waals surface area (Å²) in [4.78, 5) is 36.4. The van der Waals surface area contributed by atoms with E-state index in [-0.39, 0.29) is 11.3 Å². The number of halogens is 3. The molecular weight excluding hydrogens is 541 g/mol. The van der Waals surface area contributed by atoms with Gasteiger partial charge in [0, 0.05) is 16.6 Å². The smallest absolute Gasteiger partial charge is 0.353 e. The highest BCUT2D eigenvalue weighted by molar-refractivity contribution is 5.98. The summed E-state index contributed by atoms with van der Waals surface area (Å²) in [6.07, 6.45) is -4.56. The van der Waals surface area contributed by atoms with Gasteiger partial charge in [-0.05, 0) is 66.9 Å². The number of carbonyl (C=O) groups is 1. The minimum Gasteiger partial charge on any atom is -0.353 e. The number of carbonyl (C=O) groups excluding carboxylic acids is 1. The van der Waals surface area contributed by atoms with Gasteiger partial charge in [0.15, 0.2) is 5.69 Å². The highest BCUT2D eigenvalue weighted by Gasteiger charge is 2.32. The van der Waals surface area contributed by atoms with E-state index < -0.39 is 29.2 Å². The van der Waals surface area contributed by atoms with E-state index in [0.717, 1.165) is 34.2 Å². The van der Waals surface area contributed by atoms with E-state index in [0.29, 0.717) is 22.4 Å². The van der Waals surface area contributed by atoms with Crippen LogP contribution in [0.3, 0.4) is 0 Å². The number of H-pyrrole nitrogens is 1. The van der Waals surface area contributed by atoms with E-state index in [4.69, 9.17) is 0 Å². The van der Waals surface area contributed by atoms with Gasteiger partial charge >= 0.3 is 6.18 Å². The molecule has 6 aromatic rings. The Bertz CT molecular complexity index is 1970. The van der Waals surface area contributed by atoms with E-state index in [1.807, 2.05) is 62.4 Å². The molecule has 0 aliphatic carbocycles. The molecule has 0 radical (unpaired) electrons. The van der Waals surface area contributed by atoms with Crippen molar-refractivity contribution < 1.29 is 18.0 Å². The first kappa shape index (κ1) is 27.0. The van der Waals surface area contributed by atoms with Crippen molar-refractivity contribution in [1.29, 1.82) is 0 Å². The fourth-order valence-electron chi connectivity index (χ4n) is 5.26. The lowest BCUT2D eigenvalue weighted by Crippen LogP contribution is -2.36. The van der Waals surface area contributed by atoms with Crippen molar-refractivity contribution in [3.63, 3.8) is 0 Å². The van der Waals surface area contributed by atoms with Gasteiger partial charge in [-0.15, -0.1) is 0 Å². The molecule has 2 N–H and O–H groups in total. The van der Waals surface area contributed by atoms with Gasteiger partial charge in [0.2, 0.25) is 0 Å². The fourth-order valence-corrected chi connectivity index (χ4v) is 5.26. The van der Waals surface area contributed by atoms with Crippen molar-refractivity contribution in [3.05, 3.63) is 130 Å². The van der Waals surface area contributed by atoms with Gasteiger partial charge in [-0.1, -0.05) is 60.7 Å². The molecule has 0 spiro atoms. The summed E-state index contributed by atoms with van der Waals surface area (Å²) in [5.41, 5.74) is 3.14. The number of hydrogen-bond donors (Lipinski definition) is 2. The van der Waals surface area contributed by atoms with Crippen molar-refractivity contribution in [2.45, 2.75) is 26.1 Å². The third-order valence-corrected chi connectivity index (χ3v) is 7.37. The third kappa shape index (κ3) is 4.83. The van der Waals surface area contributed by atoms with Gasteiger partial charge in [0.1, 0.15) is 6.04 Å². The number of aromatic amines is 1. The number of aromatic nitrogens is 3. The number of fused-ring (bicyclic) bond motifs is 2. The average molecular weight is 567 g/mol. The first-order chi connectivity index (χ1) is 20.1. The van der Waals surface area contributed by atoms with Crippen LogP contribution in [-0.4, -0.2) is 20.4 Å². The molecule has 1 unspecified atom stereocenters. The lowest BCUT2D eigenvalue weighted by molar-refractivity contribution is -0.137. The zero-order valence-electron chi connectivity index (χ0n) is 22.7. The molecule has 2 heterocycles. The largest absolute Gasteiger partial charge is 0.416 e. The van der Waals surface area contributed by atoms with Gasteiger partial charge in [0.05, 0.1) is 22.3 Å². The summed E-state index contributed by atoms with van der Waals surface area (Å²) < 4.78 is 41.6. The van der Waals surface area contributed by atoms with Crippen LogP contribution in [0.2, 0.25) is 0 Å². The van der Waals surface area contributed by atoms with Crippen LogP contribution in [0.15, 0.2) is 102 Å². The molecule has 1 atom stereocenters. The van der Waals surface area contributed by atoms with Crippen LogP contribution in [0.5, 0.6) is 0 Å². The summed E-state index contributed by atoms with van der Waals surface area (Å²) >= 11 is 0. The Hall–Kier alpha value is -5.18. The molecule has 0 bridgehead atoms. The second-order valence-electron chi connectivity index (χ2n) is 10.2. The Morgan fingerprint density at radius 1 is 0.881 bits per heavy atom. The van der Waals surface area contributed by atoms with Crippen LogP contribution in [-0.2, 0) is 11.0 Å². The maximum absolute atomic E-state index is 14.3. The van der Waals surface area contributed by atoms with Gasteiger partial charge < -0.3 is 10.3 Å². The van der Waals surface area contributed by atoms with E-state index in [1.165, 1.54) is 16.7 Å². The van der Waals surface area contributed by atoms with Crippen molar-refractivity contribution in [1.82, 2.24) is 14.5 Å². The molecule has 6 nitrogen and oxygen atoms in total. The quantitative estimate of drug-likeness (QED) is 0.228. The van der Waals surface area contributed by atoms with Gasteiger partial charge in [-0.3, -0.25) is 14.2 Å². The van der Waals surface area contributed by atoms with Gasteiger partial charge in [0.25, 0.3) is 11.5 Å². The van der Waals surface area contributed by atoms with E-state index in [2.05, 4.69) is 15.3 Å². The summed E-state index contributed by atoms with van der Waals surface area (Å²) in [6.45, 7) is 3.69. The SMILES string of the molecule is Cc1cccc(C)c1NC(=O)C(c1ccc(C(F)(F)F)cc1)n1c(=O)c(-c2cc3ccccc3[nH]2)nc2ccccc21. The molecule has 0 saturated carbocycles. The molecule has 1 amide bonds. The van der Waals surface area contributed by atoms with Crippen LogP contribution >= 0.6 is 0 Å². The predicted octanol–water partition coefficient (Wildman–Crippen LogP) is 7.41.